The Kier molecular flexibility index (Phi) is 5.82. The van der Waals surface area contributed by atoms with Gasteiger partial charge in [-0.15, -0.1) is 0 Å². The van der Waals surface area contributed by atoms with E-state index < -0.39 is 17.9 Å². The summed E-state index contributed by atoms with van der Waals surface area (Å²) in [5, 5.41) is 5.30. The molecule has 0 spiro atoms. The first kappa shape index (κ1) is 13.8. The van der Waals surface area contributed by atoms with Crippen molar-refractivity contribution in [2.75, 3.05) is 40.3 Å². The number of imide groups is 1. The minimum atomic E-state index is -0.574. The van der Waals surface area contributed by atoms with E-state index in [1.807, 2.05) is 19.0 Å². The minimum absolute atomic E-state index is 0.392. The summed E-state index contributed by atoms with van der Waals surface area (Å²) in [7, 11) is 3.80. The van der Waals surface area contributed by atoms with Crippen LogP contribution in [0.4, 0.5) is 0 Å². The third-order valence-electron chi connectivity index (χ3n) is 2.21. The number of nitrogens with zero attached hydrogens (tertiary/aromatic N) is 1. The summed E-state index contributed by atoms with van der Waals surface area (Å²) < 4.78 is 5.22. The predicted octanol–water partition coefficient (Wildman–Crippen LogP) is -1.26. The van der Waals surface area contributed by atoms with Crippen LogP contribution < -0.4 is 10.6 Å². The second-order valence-electron chi connectivity index (χ2n) is 4.08. The van der Waals surface area contributed by atoms with Crippen LogP contribution in [0.25, 0.3) is 0 Å². The molecule has 1 aliphatic rings. The zero-order chi connectivity index (χ0) is 12.7. The lowest BCUT2D eigenvalue weighted by Gasteiger charge is -2.21. The van der Waals surface area contributed by atoms with Gasteiger partial charge in [0.1, 0.15) is 6.10 Å². The fourth-order valence-electron chi connectivity index (χ4n) is 1.35. The molecule has 1 fully saturated rings. The van der Waals surface area contributed by atoms with Crippen LogP contribution in [-0.4, -0.2) is 63.2 Å². The first-order valence-electron chi connectivity index (χ1n) is 5.58. The molecule has 0 saturated carbocycles. The standard InChI is InChI=1S/C11H19N3O3/c1-14(2)6-3-4-10(15)13-11(16)9-8-12-5-7-17-9/h3-4,9,12H,5-8H2,1-2H3,(H,13,15,16). The summed E-state index contributed by atoms with van der Waals surface area (Å²) in [6.45, 7) is 2.33. The number of hydrogen-bond donors (Lipinski definition) is 2. The summed E-state index contributed by atoms with van der Waals surface area (Å²) in [6.07, 6.45) is 2.48. The molecule has 1 saturated heterocycles. The van der Waals surface area contributed by atoms with Gasteiger partial charge in [-0.2, -0.15) is 0 Å². The fraction of sp³-hybridized carbons (Fsp3) is 0.636. The Labute approximate surface area is 101 Å². The minimum Gasteiger partial charge on any atom is -0.366 e. The van der Waals surface area contributed by atoms with E-state index in [1.165, 1.54) is 6.08 Å². The van der Waals surface area contributed by atoms with Gasteiger partial charge < -0.3 is 15.0 Å². The van der Waals surface area contributed by atoms with Crippen molar-refractivity contribution in [3.8, 4) is 0 Å². The van der Waals surface area contributed by atoms with E-state index in [0.717, 1.165) is 6.54 Å². The average Bonchev–Trinajstić information content (AvgIpc) is 2.29. The lowest BCUT2D eigenvalue weighted by Crippen LogP contribution is -2.49. The van der Waals surface area contributed by atoms with E-state index in [9.17, 15) is 9.59 Å². The molecule has 6 nitrogen and oxygen atoms in total. The molecule has 1 heterocycles. The van der Waals surface area contributed by atoms with Crippen LogP contribution in [0.3, 0.4) is 0 Å². The highest BCUT2D eigenvalue weighted by Gasteiger charge is 2.22. The quantitative estimate of drug-likeness (QED) is 0.601. The smallest absolute Gasteiger partial charge is 0.257 e. The van der Waals surface area contributed by atoms with Gasteiger partial charge in [0.2, 0.25) is 5.91 Å². The van der Waals surface area contributed by atoms with Gasteiger partial charge in [0.05, 0.1) is 6.61 Å². The van der Waals surface area contributed by atoms with E-state index in [4.69, 9.17) is 4.74 Å². The van der Waals surface area contributed by atoms with Crippen molar-refractivity contribution in [2.24, 2.45) is 0 Å². The van der Waals surface area contributed by atoms with Crippen LogP contribution in [0.15, 0.2) is 12.2 Å². The van der Waals surface area contributed by atoms with Gasteiger partial charge >= 0.3 is 0 Å². The molecule has 0 radical (unpaired) electrons. The lowest BCUT2D eigenvalue weighted by atomic mass is 10.3. The van der Waals surface area contributed by atoms with Crippen molar-refractivity contribution in [3.05, 3.63) is 12.2 Å². The maximum Gasteiger partial charge on any atom is 0.257 e. The van der Waals surface area contributed by atoms with Gasteiger partial charge in [0.25, 0.3) is 5.91 Å². The Morgan fingerprint density at radius 2 is 2.29 bits per heavy atom. The molecule has 1 unspecified atom stereocenters. The molecule has 0 aromatic rings. The molecule has 2 amide bonds. The molecule has 2 N–H and O–H groups in total. The molecule has 96 valence electrons. The third kappa shape index (κ3) is 5.58. The van der Waals surface area contributed by atoms with Crippen LogP contribution in [0.1, 0.15) is 0 Å². The number of ether oxygens (including phenoxy) is 1. The molecule has 0 aromatic heterocycles. The van der Waals surface area contributed by atoms with Crippen molar-refractivity contribution in [2.45, 2.75) is 6.10 Å². The van der Waals surface area contributed by atoms with Crippen LogP contribution in [0.5, 0.6) is 0 Å². The zero-order valence-electron chi connectivity index (χ0n) is 10.2. The number of rotatable bonds is 4. The number of carbonyl (C=O) groups excluding carboxylic acids is 2. The largest absolute Gasteiger partial charge is 0.366 e. The first-order valence-corrected chi connectivity index (χ1v) is 5.58. The van der Waals surface area contributed by atoms with Gasteiger partial charge in [-0.1, -0.05) is 6.08 Å². The Bertz CT molecular complexity index is 296. The summed E-state index contributed by atoms with van der Waals surface area (Å²) in [4.78, 5) is 24.8. The molecule has 0 aliphatic carbocycles. The molecule has 1 rings (SSSR count). The first-order chi connectivity index (χ1) is 8.09. The number of amides is 2. The van der Waals surface area contributed by atoms with Crippen molar-refractivity contribution in [3.63, 3.8) is 0 Å². The zero-order valence-corrected chi connectivity index (χ0v) is 10.2. The third-order valence-corrected chi connectivity index (χ3v) is 2.21. The van der Waals surface area contributed by atoms with Gasteiger partial charge in [0, 0.05) is 25.7 Å². The van der Waals surface area contributed by atoms with Crippen molar-refractivity contribution in [1.82, 2.24) is 15.5 Å². The summed E-state index contributed by atoms with van der Waals surface area (Å²) >= 11 is 0. The van der Waals surface area contributed by atoms with E-state index >= 15 is 0 Å². The van der Waals surface area contributed by atoms with E-state index in [-0.39, 0.29) is 0 Å². The Hall–Kier alpha value is -1.24. The van der Waals surface area contributed by atoms with Crippen LogP contribution in [0.2, 0.25) is 0 Å². The van der Waals surface area contributed by atoms with Crippen molar-refractivity contribution in [1.29, 1.82) is 0 Å². The van der Waals surface area contributed by atoms with Gasteiger partial charge in [-0.05, 0) is 14.1 Å². The van der Waals surface area contributed by atoms with Gasteiger partial charge in [-0.25, -0.2) is 0 Å². The van der Waals surface area contributed by atoms with Gasteiger partial charge in [0.15, 0.2) is 0 Å². The molecule has 17 heavy (non-hydrogen) atoms. The Morgan fingerprint density at radius 3 is 2.88 bits per heavy atom. The topological polar surface area (TPSA) is 70.7 Å². The van der Waals surface area contributed by atoms with E-state index in [0.29, 0.717) is 19.7 Å². The molecular formula is C11H19N3O3. The second kappa shape index (κ2) is 7.16. The number of carbonyl (C=O) groups is 2. The summed E-state index contributed by atoms with van der Waals surface area (Å²) in [5.41, 5.74) is 0. The monoisotopic (exact) mass is 241 g/mol. The average molecular weight is 241 g/mol. The van der Waals surface area contributed by atoms with Crippen LogP contribution in [-0.2, 0) is 14.3 Å². The van der Waals surface area contributed by atoms with Crippen LogP contribution in [0, 0.1) is 0 Å². The lowest BCUT2D eigenvalue weighted by molar-refractivity contribution is -0.138. The predicted molar refractivity (Wildman–Crippen MR) is 63.5 cm³/mol. The number of likely N-dealkylation sites (N-methyl/N-ethyl adjacent to an activating group) is 1. The number of morpholine rings is 1. The highest BCUT2D eigenvalue weighted by Crippen LogP contribution is 1.95. The molecule has 1 atom stereocenters. The van der Waals surface area contributed by atoms with E-state index in [2.05, 4.69) is 10.6 Å². The van der Waals surface area contributed by atoms with Gasteiger partial charge in [-0.3, -0.25) is 14.9 Å². The SMILES string of the molecule is CN(C)CC=CC(=O)NC(=O)C1CNCCO1. The maximum atomic E-state index is 11.6. The summed E-state index contributed by atoms with van der Waals surface area (Å²) in [5.74, 6) is -0.803. The molecule has 1 aliphatic heterocycles. The maximum absolute atomic E-state index is 11.6. The molecule has 0 bridgehead atoms. The molecular weight excluding hydrogens is 222 g/mol. The highest BCUT2D eigenvalue weighted by molar-refractivity contribution is 6.02. The normalized spacial score (nSPS) is 20.8. The van der Waals surface area contributed by atoms with E-state index in [1.54, 1.807) is 6.08 Å². The van der Waals surface area contributed by atoms with Crippen LogP contribution >= 0.6 is 0 Å². The van der Waals surface area contributed by atoms with Crippen molar-refractivity contribution < 1.29 is 14.3 Å². The second-order valence-corrected chi connectivity index (χ2v) is 4.08. The fourth-order valence-corrected chi connectivity index (χ4v) is 1.35. The Morgan fingerprint density at radius 1 is 1.53 bits per heavy atom. The van der Waals surface area contributed by atoms with Crippen molar-refractivity contribution >= 4 is 11.8 Å². The summed E-state index contributed by atoms with van der Waals surface area (Å²) in [6, 6.07) is 0. The highest BCUT2D eigenvalue weighted by atomic mass is 16.5. The number of nitrogens with one attached hydrogen (secondary N) is 2. The molecule has 0 aromatic carbocycles. The Balaban J connectivity index is 2.29. The number of hydrogen-bond acceptors (Lipinski definition) is 5. The molecule has 6 heteroatoms.